The van der Waals surface area contributed by atoms with Gasteiger partial charge in [-0.25, -0.2) is 0 Å². The number of amides is 2. The molecular weight excluding hydrogens is 240 g/mol. The molecule has 0 fully saturated rings. The second-order valence-corrected chi connectivity index (χ2v) is 6.26. The summed E-state index contributed by atoms with van der Waals surface area (Å²) in [4.78, 5) is 25.1. The van der Waals surface area contributed by atoms with Gasteiger partial charge in [-0.15, -0.1) is 0 Å². The first kappa shape index (κ1) is 13.6. The number of benzene rings is 1. The van der Waals surface area contributed by atoms with Gasteiger partial charge < -0.3 is 10.2 Å². The van der Waals surface area contributed by atoms with Crippen LogP contribution in [0.1, 0.15) is 32.8 Å². The average Bonchev–Trinajstić information content (AvgIpc) is 2.51. The number of nitrogens with one attached hydrogen (secondary N) is 1. The van der Waals surface area contributed by atoms with Crippen molar-refractivity contribution in [3.05, 3.63) is 23.8 Å². The zero-order valence-electron chi connectivity index (χ0n) is 11.9. The quantitative estimate of drug-likeness (QED) is 0.888. The summed E-state index contributed by atoms with van der Waals surface area (Å²) in [7, 11) is 1.77. The van der Waals surface area contributed by atoms with E-state index in [0.29, 0.717) is 12.8 Å². The van der Waals surface area contributed by atoms with E-state index < -0.39 is 0 Å². The fraction of sp³-hybridized carbons (Fsp3) is 0.467. The number of nitrogens with zero attached hydrogens (tertiary/aromatic N) is 1. The van der Waals surface area contributed by atoms with Crippen molar-refractivity contribution in [2.24, 2.45) is 5.41 Å². The Kier molecular flexibility index (Phi) is 3.35. The van der Waals surface area contributed by atoms with Gasteiger partial charge >= 0.3 is 0 Å². The summed E-state index contributed by atoms with van der Waals surface area (Å²) in [6.07, 6.45) is 0.887. The summed E-state index contributed by atoms with van der Waals surface area (Å²) in [5.41, 5.74) is 2.63. The molecule has 0 spiro atoms. The molecule has 1 aromatic rings. The van der Waals surface area contributed by atoms with E-state index in [1.54, 1.807) is 11.9 Å². The van der Waals surface area contributed by atoms with Crippen LogP contribution in [0.15, 0.2) is 18.2 Å². The SMILES string of the molecule is CN1C(=O)Cc2cc(NC(=O)CC(C)(C)C)ccc21. The van der Waals surface area contributed by atoms with Crippen molar-refractivity contribution in [3.63, 3.8) is 0 Å². The molecule has 0 saturated carbocycles. The summed E-state index contributed by atoms with van der Waals surface area (Å²) in [6.45, 7) is 6.09. The molecule has 1 aliphatic rings. The minimum absolute atomic E-state index is 0.00475. The van der Waals surface area contributed by atoms with Gasteiger partial charge in [-0.2, -0.15) is 0 Å². The van der Waals surface area contributed by atoms with Gasteiger partial charge in [0.1, 0.15) is 0 Å². The molecule has 0 atom stereocenters. The molecule has 19 heavy (non-hydrogen) atoms. The molecule has 1 heterocycles. The maximum Gasteiger partial charge on any atom is 0.231 e. The van der Waals surface area contributed by atoms with Gasteiger partial charge in [0.05, 0.1) is 6.42 Å². The van der Waals surface area contributed by atoms with Crippen molar-refractivity contribution in [2.75, 3.05) is 17.3 Å². The van der Waals surface area contributed by atoms with Gasteiger partial charge in [-0.3, -0.25) is 9.59 Å². The Hall–Kier alpha value is -1.84. The molecule has 2 rings (SSSR count). The zero-order valence-corrected chi connectivity index (χ0v) is 11.9. The number of carbonyl (C=O) groups is 2. The van der Waals surface area contributed by atoms with Crippen LogP contribution in [-0.4, -0.2) is 18.9 Å². The van der Waals surface area contributed by atoms with Crippen LogP contribution >= 0.6 is 0 Å². The highest BCUT2D eigenvalue weighted by molar-refractivity contribution is 6.02. The van der Waals surface area contributed by atoms with Crippen LogP contribution in [0.25, 0.3) is 0 Å². The van der Waals surface area contributed by atoms with E-state index in [-0.39, 0.29) is 17.2 Å². The molecule has 1 aliphatic heterocycles. The predicted octanol–water partition coefficient (Wildman–Crippen LogP) is 2.58. The van der Waals surface area contributed by atoms with Crippen molar-refractivity contribution in [2.45, 2.75) is 33.6 Å². The van der Waals surface area contributed by atoms with Crippen LogP contribution < -0.4 is 10.2 Å². The fourth-order valence-electron chi connectivity index (χ4n) is 2.23. The van der Waals surface area contributed by atoms with E-state index in [4.69, 9.17) is 0 Å². The lowest BCUT2D eigenvalue weighted by molar-refractivity contribution is -0.118. The fourth-order valence-corrected chi connectivity index (χ4v) is 2.23. The van der Waals surface area contributed by atoms with Crippen LogP contribution in [0.4, 0.5) is 11.4 Å². The lowest BCUT2D eigenvalue weighted by atomic mass is 9.92. The molecular formula is C15H20N2O2. The van der Waals surface area contributed by atoms with E-state index in [1.165, 1.54) is 0 Å². The van der Waals surface area contributed by atoms with Gasteiger partial charge in [0.25, 0.3) is 0 Å². The second kappa shape index (κ2) is 4.68. The van der Waals surface area contributed by atoms with Gasteiger partial charge in [0.2, 0.25) is 11.8 Å². The number of anilines is 2. The summed E-state index contributed by atoms with van der Waals surface area (Å²) in [5.74, 6) is 0.0956. The van der Waals surface area contributed by atoms with E-state index >= 15 is 0 Å². The second-order valence-electron chi connectivity index (χ2n) is 6.26. The highest BCUT2D eigenvalue weighted by Gasteiger charge is 2.24. The lowest BCUT2D eigenvalue weighted by Crippen LogP contribution is -2.20. The number of hydrogen-bond acceptors (Lipinski definition) is 2. The van der Waals surface area contributed by atoms with Crippen LogP contribution in [0.5, 0.6) is 0 Å². The normalized spacial score (nSPS) is 14.5. The predicted molar refractivity (Wildman–Crippen MR) is 76.3 cm³/mol. The van der Waals surface area contributed by atoms with Gasteiger partial charge in [-0.1, -0.05) is 20.8 Å². The summed E-state index contributed by atoms with van der Waals surface area (Å²) >= 11 is 0. The summed E-state index contributed by atoms with van der Waals surface area (Å²) < 4.78 is 0. The van der Waals surface area contributed by atoms with Crippen molar-refractivity contribution in [3.8, 4) is 0 Å². The average molecular weight is 260 g/mol. The molecule has 4 nitrogen and oxygen atoms in total. The number of hydrogen-bond donors (Lipinski definition) is 1. The Bertz CT molecular complexity index is 529. The maximum absolute atomic E-state index is 11.9. The molecule has 4 heteroatoms. The third-order valence-corrected chi connectivity index (χ3v) is 3.13. The first-order chi connectivity index (χ1) is 8.76. The minimum atomic E-state index is -0.0308. The Morgan fingerprint density at radius 2 is 2.05 bits per heavy atom. The van der Waals surface area contributed by atoms with E-state index in [0.717, 1.165) is 16.9 Å². The third-order valence-electron chi connectivity index (χ3n) is 3.13. The monoisotopic (exact) mass is 260 g/mol. The van der Waals surface area contributed by atoms with Crippen LogP contribution in [0.3, 0.4) is 0 Å². The highest BCUT2D eigenvalue weighted by Crippen LogP contribution is 2.30. The first-order valence-corrected chi connectivity index (χ1v) is 6.45. The van der Waals surface area contributed by atoms with Crippen molar-refractivity contribution in [1.82, 2.24) is 0 Å². The van der Waals surface area contributed by atoms with E-state index in [2.05, 4.69) is 5.32 Å². The van der Waals surface area contributed by atoms with E-state index in [1.807, 2.05) is 39.0 Å². The van der Waals surface area contributed by atoms with Gasteiger partial charge in [0, 0.05) is 24.8 Å². The number of likely N-dealkylation sites (N-methyl/N-ethyl adjacent to an activating group) is 1. The smallest absolute Gasteiger partial charge is 0.231 e. The molecule has 0 unspecified atom stereocenters. The number of fused-ring (bicyclic) bond motifs is 1. The first-order valence-electron chi connectivity index (χ1n) is 6.45. The lowest BCUT2D eigenvalue weighted by Gasteiger charge is -2.17. The zero-order chi connectivity index (χ0) is 14.2. The largest absolute Gasteiger partial charge is 0.326 e. The number of carbonyl (C=O) groups excluding carboxylic acids is 2. The van der Waals surface area contributed by atoms with Crippen molar-refractivity contribution in [1.29, 1.82) is 0 Å². The summed E-state index contributed by atoms with van der Waals surface area (Å²) in [6, 6.07) is 5.61. The highest BCUT2D eigenvalue weighted by atomic mass is 16.2. The van der Waals surface area contributed by atoms with Crippen LogP contribution in [0.2, 0.25) is 0 Å². The topological polar surface area (TPSA) is 49.4 Å². The molecule has 1 aromatic carbocycles. The number of rotatable bonds is 2. The summed E-state index contributed by atoms with van der Waals surface area (Å²) in [5, 5.41) is 2.89. The molecule has 2 amide bonds. The molecule has 0 bridgehead atoms. The molecule has 0 aromatic heterocycles. The minimum Gasteiger partial charge on any atom is -0.326 e. The molecule has 1 N–H and O–H groups in total. The Labute approximate surface area is 113 Å². The van der Waals surface area contributed by atoms with Crippen molar-refractivity contribution >= 4 is 23.2 Å². The van der Waals surface area contributed by atoms with Crippen LogP contribution in [-0.2, 0) is 16.0 Å². The third kappa shape index (κ3) is 3.13. The molecule has 0 radical (unpaired) electrons. The molecule has 0 aliphatic carbocycles. The van der Waals surface area contributed by atoms with E-state index in [9.17, 15) is 9.59 Å². The van der Waals surface area contributed by atoms with Gasteiger partial charge in [0.15, 0.2) is 0 Å². The Balaban J connectivity index is 2.10. The standard InChI is InChI=1S/C15H20N2O2/c1-15(2,3)9-13(18)16-11-5-6-12-10(7-11)8-14(19)17(12)4/h5-7H,8-9H2,1-4H3,(H,16,18). The Morgan fingerprint density at radius 3 is 2.68 bits per heavy atom. The Morgan fingerprint density at radius 1 is 1.37 bits per heavy atom. The van der Waals surface area contributed by atoms with Crippen LogP contribution in [0, 0.1) is 5.41 Å². The molecule has 102 valence electrons. The van der Waals surface area contributed by atoms with Crippen molar-refractivity contribution < 1.29 is 9.59 Å². The molecule has 0 saturated heterocycles. The maximum atomic E-state index is 11.9. The van der Waals surface area contributed by atoms with Gasteiger partial charge in [-0.05, 0) is 29.2 Å².